The summed E-state index contributed by atoms with van der Waals surface area (Å²) in [4.78, 5) is 39.5. The summed E-state index contributed by atoms with van der Waals surface area (Å²) < 4.78 is 28.5. The maximum Gasteiger partial charge on any atom is 0.271 e. The second-order valence-electron chi connectivity index (χ2n) is 9.57. The minimum absolute atomic E-state index is 0.0887. The van der Waals surface area contributed by atoms with Crippen LogP contribution in [-0.4, -0.2) is 48.7 Å². The van der Waals surface area contributed by atoms with Crippen LogP contribution in [0.4, 0.5) is 11.4 Å². The molecule has 0 saturated carbocycles. The van der Waals surface area contributed by atoms with Gasteiger partial charge in [0.15, 0.2) is 0 Å². The smallest absolute Gasteiger partial charge is 0.271 e. The molecule has 0 aliphatic carbocycles. The van der Waals surface area contributed by atoms with E-state index < -0.39 is 39.3 Å². The van der Waals surface area contributed by atoms with Gasteiger partial charge in [0.1, 0.15) is 12.6 Å². The molecule has 10 nitrogen and oxygen atoms in total. The molecule has 0 aliphatic heterocycles. The summed E-state index contributed by atoms with van der Waals surface area (Å²) in [7, 11) is -4.38. The molecule has 0 unspecified atom stereocenters. The SMILES string of the molecule is CC[C@H](C)NC(=O)[C@H](CC)N(Cc1c(Cl)cccc1Cl)C(=O)CN(c1cccc([N+](=O)[O-])c1)S(=O)(=O)c1ccccc1. The highest BCUT2D eigenvalue weighted by Crippen LogP contribution is 2.30. The van der Waals surface area contributed by atoms with E-state index in [4.69, 9.17) is 23.2 Å². The summed E-state index contributed by atoms with van der Waals surface area (Å²) in [6.45, 7) is 4.53. The Hall–Kier alpha value is -3.67. The summed E-state index contributed by atoms with van der Waals surface area (Å²) in [5.74, 6) is -1.15. The maximum absolute atomic E-state index is 14.1. The third-order valence-corrected chi connectivity index (χ3v) is 9.21. The number of hydrogen-bond acceptors (Lipinski definition) is 6. The molecule has 1 N–H and O–H groups in total. The third kappa shape index (κ3) is 7.78. The van der Waals surface area contributed by atoms with E-state index in [1.54, 1.807) is 31.2 Å². The summed E-state index contributed by atoms with van der Waals surface area (Å²) in [6.07, 6.45) is 0.862. The van der Waals surface area contributed by atoms with Gasteiger partial charge in [0.25, 0.3) is 15.7 Å². The monoisotopic (exact) mass is 634 g/mol. The molecule has 0 spiro atoms. The van der Waals surface area contributed by atoms with Crippen LogP contribution in [0.15, 0.2) is 77.7 Å². The van der Waals surface area contributed by atoms with Gasteiger partial charge in [0.05, 0.1) is 15.5 Å². The standard InChI is InChI=1S/C29H32Cl2N4O6S/c1-4-20(3)32-29(37)27(5-2)33(18-24-25(30)15-10-16-26(24)31)28(36)19-34(21-11-9-12-22(17-21)35(38)39)42(40,41)23-13-7-6-8-14-23/h6-17,20,27H,4-5,18-19H2,1-3H3,(H,32,37)/t20-,27-/m0/s1. The Morgan fingerprint density at radius 2 is 1.57 bits per heavy atom. The molecule has 224 valence electrons. The molecule has 42 heavy (non-hydrogen) atoms. The summed E-state index contributed by atoms with van der Waals surface area (Å²) >= 11 is 12.8. The number of non-ortho nitro benzene ring substituents is 1. The third-order valence-electron chi connectivity index (χ3n) is 6.72. The zero-order valence-corrected chi connectivity index (χ0v) is 25.7. The molecule has 3 rings (SSSR count). The van der Waals surface area contributed by atoms with Crippen molar-refractivity contribution in [3.63, 3.8) is 0 Å². The van der Waals surface area contributed by atoms with E-state index in [2.05, 4.69) is 5.32 Å². The van der Waals surface area contributed by atoms with Gasteiger partial charge in [-0.1, -0.05) is 67.4 Å². The lowest BCUT2D eigenvalue weighted by molar-refractivity contribution is -0.384. The molecule has 0 aromatic heterocycles. The Kier molecular flexibility index (Phi) is 11.3. The number of nitrogens with one attached hydrogen (secondary N) is 1. The van der Waals surface area contributed by atoms with Gasteiger partial charge in [0.2, 0.25) is 11.8 Å². The zero-order chi connectivity index (χ0) is 31.0. The van der Waals surface area contributed by atoms with Crippen LogP contribution >= 0.6 is 23.2 Å². The van der Waals surface area contributed by atoms with Gasteiger partial charge in [-0.05, 0) is 50.1 Å². The van der Waals surface area contributed by atoms with E-state index in [1.807, 2.05) is 13.8 Å². The van der Waals surface area contributed by atoms with Gasteiger partial charge in [-0.3, -0.25) is 24.0 Å². The molecule has 0 radical (unpaired) electrons. The van der Waals surface area contributed by atoms with E-state index in [9.17, 15) is 28.1 Å². The molecular weight excluding hydrogens is 603 g/mol. The summed E-state index contributed by atoms with van der Waals surface area (Å²) in [6, 6.07) is 16.1. The number of halogens is 2. The van der Waals surface area contributed by atoms with Gasteiger partial charge in [-0.15, -0.1) is 0 Å². The number of nitro benzene ring substituents is 1. The van der Waals surface area contributed by atoms with Gasteiger partial charge < -0.3 is 10.2 Å². The first-order chi connectivity index (χ1) is 19.9. The van der Waals surface area contributed by atoms with Gasteiger partial charge in [0, 0.05) is 40.3 Å². The molecule has 0 bridgehead atoms. The number of carbonyl (C=O) groups excluding carboxylic acids is 2. The Balaban J connectivity index is 2.13. The van der Waals surface area contributed by atoms with Crippen LogP contribution in [0.5, 0.6) is 0 Å². The Labute approximate surface area is 255 Å². The van der Waals surface area contributed by atoms with E-state index in [1.165, 1.54) is 47.4 Å². The van der Waals surface area contributed by atoms with E-state index in [-0.39, 0.29) is 45.3 Å². The number of nitrogens with zero attached hydrogens (tertiary/aromatic N) is 3. The first-order valence-electron chi connectivity index (χ1n) is 13.3. The quantitative estimate of drug-likeness (QED) is 0.186. The van der Waals surface area contributed by atoms with Crippen LogP contribution in [-0.2, 0) is 26.2 Å². The fourth-order valence-electron chi connectivity index (χ4n) is 4.22. The number of sulfonamides is 1. The molecule has 0 heterocycles. The lowest BCUT2D eigenvalue weighted by atomic mass is 10.1. The number of hydrogen-bond donors (Lipinski definition) is 1. The van der Waals surface area contributed by atoms with Crippen molar-refractivity contribution in [2.75, 3.05) is 10.8 Å². The van der Waals surface area contributed by atoms with Crippen molar-refractivity contribution in [1.29, 1.82) is 0 Å². The van der Waals surface area contributed by atoms with Gasteiger partial charge in [-0.25, -0.2) is 8.42 Å². The molecule has 13 heteroatoms. The topological polar surface area (TPSA) is 130 Å². The van der Waals surface area contributed by atoms with Crippen molar-refractivity contribution in [1.82, 2.24) is 10.2 Å². The normalized spacial score (nSPS) is 12.7. The van der Waals surface area contributed by atoms with Crippen molar-refractivity contribution in [3.05, 3.63) is 98.5 Å². The van der Waals surface area contributed by atoms with Crippen molar-refractivity contribution in [2.45, 2.75) is 57.1 Å². The average molecular weight is 636 g/mol. The molecule has 0 fully saturated rings. The first-order valence-corrected chi connectivity index (χ1v) is 15.4. The van der Waals surface area contributed by atoms with E-state index in [0.717, 1.165) is 10.4 Å². The number of nitro groups is 1. The summed E-state index contributed by atoms with van der Waals surface area (Å²) in [5, 5.41) is 14.9. The molecular formula is C29H32Cl2N4O6S. The Bertz CT molecular complexity index is 1520. The minimum Gasteiger partial charge on any atom is -0.352 e. The molecule has 3 aromatic rings. The van der Waals surface area contributed by atoms with Crippen LogP contribution in [0.1, 0.15) is 39.2 Å². The van der Waals surface area contributed by atoms with Crippen LogP contribution in [0.3, 0.4) is 0 Å². The van der Waals surface area contributed by atoms with Crippen LogP contribution in [0.2, 0.25) is 10.0 Å². The van der Waals surface area contributed by atoms with Crippen molar-refractivity contribution in [2.24, 2.45) is 0 Å². The van der Waals surface area contributed by atoms with Crippen LogP contribution < -0.4 is 9.62 Å². The number of benzene rings is 3. The fourth-order valence-corrected chi connectivity index (χ4v) is 6.17. The first kappa shape index (κ1) is 32.8. The molecule has 2 amide bonds. The summed E-state index contributed by atoms with van der Waals surface area (Å²) in [5.41, 5.74) is -0.0571. The highest BCUT2D eigenvalue weighted by atomic mass is 35.5. The minimum atomic E-state index is -4.38. The Morgan fingerprint density at radius 1 is 0.952 bits per heavy atom. The molecule has 0 aliphatic rings. The molecule has 0 saturated heterocycles. The van der Waals surface area contributed by atoms with Crippen LogP contribution in [0.25, 0.3) is 0 Å². The highest BCUT2D eigenvalue weighted by Gasteiger charge is 2.35. The molecule has 2 atom stereocenters. The van der Waals surface area contributed by atoms with Gasteiger partial charge >= 0.3 is 0 Å². The number of anilines is 1. The highest BCUT2D eigenvalue weighted by molar-refractivity contribution is 7.92. The van der Waals surface area contributed by atoms with Crippen molar-refractivity contribution >= 4 is 56.4 Å². The number of carbonyl (C=O) groups is 2. The number of amides is 2. The van der Waals surface area contributed by atoms with Crippen LogP contribution in [0, 0.1) is 10.1 Å². The average Bonchev–Trinajstić information content (AvgIpc) is 2.97. The van der Waals surface area contributed by atoms with Crippen molar-refractivity contribution in [3.8, 4) is 0 Å². The fraction of sp³-hybridized carbons (Fsp3) is 0.310. The largest absolute Gasteiger partial charge is 0.352 e. The van der Waals surface area contributed by atoms with E-state index in [0.29, 0.717) is 12.0 Å². The second kappa shape index (κ2) is 14.5. The molecule has 3 aromatic carbocycles. The second-order valence-corrected chi connectivity index (χ2v) is 12.2. The van der Waals surface area contributed by atoms with Gasteiger partial charge in [-0.2, -0.15) is 0 Å². The predicted molar refractivity (Wildman–Crippen MR) is 163 cm³/mol. The predicted octanol–water partition coefficient (Wildman–Crippen LogP) is 5.82. The van der Waals surface area contributed by atoms with E-state index >= 15 is 0 Å². The zero-order valence-electron chi connectivity index (χ0n) is 23.4. The lowest BCUT2D eigenvalue weighted by Crippen LogP contribution is -2.53. The Morgan fingerprint density at radius 3 is 2.14 bits per heavy atom. The van der Waals surface area contributed by atoms with Crippen molar-refractivity contribution < 1.29 is 22.9 Å². The maximum atomic E-state index is 14.1. The number of rotatable bonds is 13. The lowest BCUT2D eigenvalue weighted by Gasteiger charge is -2.34.